The molecule has 2 amide bonds. The monoisotopic (exact) mass is 326 g/mol. The Balaban J connectivity index is 1.82. The average molecular weight is 326 g/mol. The first kappa shape index (κ1) is 15.3. The van der Waals surface area contributed by atoms with Gasteiger partial charge < -0.3 is 15.2 Å². The van der Waals surface area contributed by atoms with E-state index in [-0.39, 0.29) is 22.8 Å². The summed E-state index contributed by atoms with van der Waals surface area (Å²) in [4.78, 5) is 26.8. The Kier molecular flexibility index (Phi) is 3.50. The first-order valence-electron chi connectivity index (χ1n) is 6.91. The number of halogens is 3. The van der Waals surface area contributed by atoms with Gasteiger partial charge in [0.25, 0.3) is 0 Å². The fourth-order valence-electron chi connectivity index (χ4n) is 2.20. The second-order valence-electron chi connectivity index (χ2n) is 5.40. The van der Waals surface area contributed by atoms with E-state index in [1.54, 1.807) is 0 Å². The highest BCUT2D eigenvalue weighted by Crippen LogP contribution is 2.31. The molecule has 23 heavy (non-hydrogen) atoms. The van der Waals surface area contributed by atoms with Crippen molar-refractivity contribution in [3.8, 4) is 0 Å². The summed E-state index contributed by atoms with van der Waals surface area (Å²) in [5, 5.41) is 4.88. The van der Waals surface area contributed by atoms with E-state index in [0.717, 1.165) is 17.4 Å². The van der Waals surface area contributed by atoms with Crippen molar-refractivity contribution in [1.29, 1.82) is 0 Å². The normalized spacial score (nSPS) is 14.8. The average Bonchev–Trinajstić information content (AvgIpc) is 3.20. The highest BCUT2D eigenvalue weighted by Gasteiger charge is 2.36. The molecule has 2 N–H and O–H groups in total. The van der Waals surface area contributed by atoms with Crippen molar-refractivity contribution in [2.75, 3.05) is 5.32 Å². The predicted octanol–water partition coefficient (Wildman–Crippen LogP) is 1.81. The van der Waals surface area contributed by atoms with Crippen molar-refractivity contribution in [3.05, 3.63) is 24.0 Å². The van der Waals surface area contributed by atoms with E-state index in [2.05, 4.69) is 15.6 Å². The molecule has 1 aromatic heterocycles. The number of amides is 2. The van der Waals surface area contributed by atoms with Crippen LogP contribution in [-0.4, -0.2) is 27.4 Å². The highest BCUT2D eigenvalue weighted by molar-refractivity contribution is 6.39. The van der Waals surface area contributed by atoms with Crippen LogP contribution >= 0.6 is 0 Å². The molecule has 0 spiro atoms. The number of rotatable bonds is 2. The number of anilines is 1. The number of carbonyl (C=O) groups is 2. The molecule has 1 aromatic carbocycles. The van der Waals surface area contributed by atoms with Crippen LogP contribution in [0.5, 0.6) is 0 Å². The SMILES string of the molecule is Cn1c(C(F)(F)F)nc2cc(NC(=O)C(=O)NC3CC3)ccc21. The lowest BCUT2D eigenvalue weighted by atomic mass is 10.2. The number of nitrogens with zero attached hydrogens (tertiary/aromatic N) is 2. The maximum absolute atomic E-state index is 12.8. The summed E-state index contributed by atoms with van der Waals surface area (Å²) >= 11 is 0. The Hall–Kier alpha value is -2.58. The number of aromatic nitrogens is 2. The standard InChI is InChI=1S/C14H13F3N4O2/c1-21-10-5-4-8(6-9(10)20-13(21)14(15,16)17)19-12(23)11(22)18-7-2-3-7/h4-7H,2-3H2,1H3,(H,18,22)(H,19,23). The molecule has 0 aliphatic heterocycles. The van der Waals surface area contributed by atoms with Gasteiger partial charge in [0.2, 0.25) is 5.82 Å². The van der Waals surface area contributed by atoms with E-state index >= 15 is 0 Å². The second kappa shape index (κ2) is 5.25. The molecule has 122 valence electrons. The number of aryl methyl sites for hydroxylation is 1. The van der Waals surface area contributed by atoms with E-state index < -0.39 is 23.8 Å². The van der Waals surface area contributed by atoms with E-state index in [1.165, 1.54) is 25.2 Å². The Labute approximate surface area is 128 Å². The molecule has 1 aliphatic rings. The summed E-state index contributed by atoms with van der Waals surface area (Å²) in [6, 6.07) is 4.17. The van der Waals surface area contributed by atoms with Crippen LogP contribution in [0.2, 0.25) is 0 Å². The summed E-state index contributed by atoms with van der Waals surface area (Å²) in [7, 11) is 1.26. The maximum atomic E-state index is 12.8. The van der Waals surface area contributed by atoms with Gasteiger partial charge >= 0.3 is 18.0 Å². The Morgan fingerprint density at radius 2 is 1.96 bits per heavy atom. The van der Waals surface area contributed by atoms with Crippen molar-refractivity contribution in [2.24, 2.45) is 7.05 Å². The highest BCUT2D eigenvalue weighted by atomic mass is 19.4. The molecule has 0 atom stereocenters. The first-order chi connectivity index (χ1) is 10.8. The van der Waals surface area contributed by atoms with Gasteiger partial charge in [-0.15, -0.1) is 0 Å². The quantitative estimate of drug-likeness (QED) is 0.827. The number of hydrogen-bond acceptors (Lipinski definition) is 3. The minimum atomic E-state index is -4.57. The van der Waals surface area contributed by atoms with Crippen molar-refractivity contribution in [2.45, 2.75) is 25.1 Å². The predicted molar refractivity (Wildman–Crippen MR) is 75.5 cm³/mol. The Bertz CT molecular complexity index is 793. The van der Waals surface area contributed by atoms with E-state index in [9.17, 15) is 22.8 Å². The number of alkyl halides is 3. The van der Waals surface area contributed by atoms with Crippen molar-refractivity contribution in [3.63, 3.8) is 0 Å². The summed E-state index contributed by atoms with van der Waals surface area (Å²) in [5.74, 6) is -2.64. The van der Waals surface area contributed by atoms with Gasteiger partial charge in [0, 0.05) is 18.8 Å². The molecule has 1 fully saturated rings. The largest absolute Gasteiger partial charge is 0.449 e. The second-order valence-corrected chi connectivity index (χ2v) is 5.40. The van der Waals surface area contributed by atoms with Gasteiger partial charge in [0.1, 0.15) is 0 Å². The third-order valence-corrected chi connectivity index (χ3v) is 3.51. The summed E-state index contributed by atoms with van der Waals surface area (Å²) in [6.45, 7) is 0. The van der Waals surface area contributed by atoms with Crippen molar-refractivity contribution < 1.29 is 22.8 Å². The topological polar surface area (TPSA) is 76.0 Å². The molecule has 0 saturated heterocycles. The van der Waals surface area contributed by atoms with Crippen LogP contribution in [0.3, 0.4) is 0 Å². The van der Waals surface area contributed by atoms with Gasteiger partial charge in [0.05, 0.1) is 11.0 Å². The minimum Gasteiger partial charge on any atom is -0.345 e. The molecule has 0 radical (unpaired) electrons. The number of benzene rings is 1. The Morgan fingerprint density at radius 1 is 1.26 bits per heavy atom. The molecular formula is C14H13F3N4O2. The first-order valence-corrected chi connectivity index (χ1v) is 6.91. The molecule has 1 heterocycles. The fourth-order valence-corrected chi connectivity index (χ4v) is 2.20. The zero-order valence-corrected chi connectivity index (χ0v) is 12.1. The van der Waals surface area contributed by atoms with Gasteiger partial charge in [-0.2, -0.15) is 13.2 Å². The lowest BCUT2D eigenvalue weighted by Crippen LogP contribution is -2.36. The third-order valence-electron chi connectivity index (χ3n) is 3.51. The van der Waals surface area contributed by atoms with E-state index in [0.29, 0.717) is 0 Å². The van der Waals surface area contributed by atoms with Gasteiger partial charge in [-0.1, -0.05) is 0 Å². The Morgan fingerprint density at radius 3 is 2.57 bits per heavy atom. The summed E-state index contributed by atoms with van der Waals surface area (Å²) in [6.07, 6.45) is -2.88. The van der Waals surface area contributed by atoms with Crippen LogP contribution in [0, 0.1) is 0 Å². The maximum Gasteiger partial charge on any atom is 0.449 e. The molecule has 0 unspecified atom stereocenters. The third kappa shape index (κ3) is 3.13. The number of fused-ring (bicyclic) bond motifs is 1. The van der Waals surface area contributed by atoms with Crippen molar-refractivity contribution in [1.82, 2.24) is 14.9 Å². The lowest BCUT2D eigenvalue weighted by molar-refractivity contribution is -0.146. The lowest BCUT2D eigenvalue weighted by Gasteiger charge is -2.06. The zero-order chi connectivity index (χ0) is 16.8. The van der Waals surface area contributed by atoms with Crippen LogP contribution < -0.4 is 10.6 Å². The van der Waals surface area contributed by atoms with E-state index in [1.807, 2.05) is 0 Å². The number of hydrogen-bond donors (Lipinski definition) is 2. The molecule has 1 aliphatic carbocycles. The van der Waals surface area contributed by atoms with Gasteiger partial charge in [-0.05, 0) is 31.0 Å². The van der Waals surface area contributed by atoms with Crippen molar-refractivity contribution >= 4 is 28.5 Å². The smallest absolute Gasteiger partial charge is 0.345 e. The summed E-state index contributed by atoms with van der Waals surface area (Å²) < 4.78 is 39.4. The zero-order valence-electron chi connectivity index (χ0n) is 12.1. The van der Waals surface area contributed by atoms with E-state index in [4.69, 9.17) is 0 Å². The van der Waals surface area contributed by atoms with Gasteiger partial charge in [-0.25, -0.2) is 4.98 Å². The molecule has 3 rings (SSSR count). The van der Waals surface area contributed by atoms with Crippen LogP contribution in [0.1, 0.15) is 18.7 Å². The number of imidazole rings is 1. The van der Waals surface area contributed by atoms with Crippen LogP contribution in [0.25, 0.3) is 11.0 Å². The molecule has 0 bridgehead atoms. The van der Waals surface area contributed by atoms with Crippen LogP contribution in [0.4, 0.5) is 18.9 Å². The molecule has 6 nitrogen and oxygen atoms in total. The van der Waals surface area contributed by atoms with Crippen LogP contribution in [-0.2, 0) is 22.8 Å². The molecule has 9 heteroatoms. The summed E-state index contributed by atoms with van der Waals surface area (Å²) in [5.41, 5.74) is 0.568. The molecular weight excluding hydrogens is 313 g/mol. The van der Waals surface area contributed by atoms with Crippen LogP contribution in [0.15, 0.2) is 18.2 Å². The fraction of sp³-hybridized carbons (Fsp3) is 0.357. The molecule has 1 saturated carbocycles. The number of nitrogens with one attached hydrogen (secondary N) is 2. The van der Waals surface area contributed by atoms with Gasteiger partial charge in [0.15, 0.2) is 0 Å². The minimum absolute atomic E-state index is 0.0425. The molecule has 2 aromatic rings. The number of carbonyl (C=O) groups excluding carboxylic acids is 2. The van der Waals surface area contributed by atoms with Gasteiger partial charge in [-0.3, -0.25) is 9.59 Å².